The van der Waals surface area contributed by atoms with Gasteiger partial charge in [0, 0.05) is 59.9 Å². The Morgan fingerprint density at radius 3 is 2.25 bits per heavy atom. The lowest BCUT2D eigenvalue weighted by Gasteiger charge is -2.14. The molecule has 0 atom stereocenters. The van der Waals surface area contributed by atoms with E-state index >= 15 is 0 Å². The third-order valence-electron chi connectivity index (χ3n) is 9.62. The number of aryl methyl sites for hydroxylation is 1. The molecule has 264 valence electrons. The molecule has 0 radical (unpaired) electrons. The predicted molar refractivity (Wildman–Crippen MR) is 200 cm³/mol. The highest BCUT2D eigenvalue weighted by molar-refractivity contribution is 5.80. The Morgan fingerprint density at radius 1 is 0.769 bits per heavy atom. The molecule has 7 aromatic rings. The Bertz CT molecular complexity index is 2340. The molecule has 6 heterocycles. The molecule has 0 bridgehead atoms. The van der Waals surface area contributed by atoms with Crippen LogP contribution in [0.2, 0.25) is 0 Å². The van der Waals surface area contributed by atoms with Crippen molar-refractivity contribution < 1.29 is 14.2 Å². The summed E-state index contributed by atoms with van der Waals surface area (Å²) in [5, 5.41) is 8.70. The first-order valence-electron chi connectivity index (χ1n) is 17.4. The van der Waals surface area contributed by atoms with Crippen molar-refractivity contribution in [1.29, 1.82) is 0 Å². The molecule has 0 saturated heterocycles. The lowest BCUT2D eigenvalue weighted by atomic mass is 10.2. The molecule has 0 spiro atoms. The second kappa shape index (κ2) is 14.2. The van der Waals surface area contributed by atoms with Crippen molar-refractivity contribution in [1.82, 2.24) is 39.0 Å². The number of hydrogen-bond acceptors (Lipinski definition) is 11. The average molecular weight is 697 g/mol. The first kappa shape index (κ1) is 32.9. The number of aromatic nitrogens is 8. The summed E-state index contributed by atoms with van der Waals surface area (Å²) in [4.78, 5) is 28.5. The van der Waals surface area contributed by atoms with Gasteiger partial charge in [0.25, 0.3) is 0 Å². The van der Waals surface area contributed by atoms with E-state index in [1.165, 1.54) is 31.2 Å². The molecule has 0 aliphatic heterocycles. The topological polar surface area (TPSA) is 139 Å². The van der Waals surface area contributed by atoms with Crippen LogP contribution in [0, 0.1) is 6.92 Å². The van der Waals surface area contributed by atoms with Crippen LogP contribution in [-0.4, -0.2) is 60.4 Å². The van der Waals surface area contributed by atoms with E-state index in [0.717, 1.165) is 50.4 Å². The largest absolute Gasteiger partial charge is 0.493 e. The van der Waals surface area contributed by atoms with Gasteiger partial charge in [-0.2, -0.15) is 9.97 Å². The highest BCUT2D eigenvalue weighted by Crippen LogP contribution is 2.38. The van der Waals surface area contributed by atoms with Gasteiger partial charge in [-0.25, -0.2) is 15.0 Å². The minimum atomic E-state index is 0.450. The highest BCUT2D eigenvalue weighted by Gasteiger charge is 2.21. The molecule has 0 unspecified atom stereocenters. The first-order chi connectivity index (χ1) is 25.5. The molecule has 13 nitrogen and oxygen atoms in total. The minimum Gasteiger partial charge on any atom is -0.493 e. The third kappa shape index (κ3) is 6.41. The molecule has 6 aromatic heterocycles. The maximum absolute atomic E-state index is 5.50. The zero-order valence-electron chi connectivity index (χ0n) is 29.6. The van der Waals surface area contributed by atoms with Crippen molar-refractivity contribution in [3.63, 3.8) is 0 Å². The highest BCUT2D eigenvalue weighted by atomic mass is 16.5. The normalized spacial score (nSPS) is 13.2. The van der Waals surface area contributed by atoms with Crippen molar-refractivity contribution in [2.45, 2.75) is 51.7 Å². The summed E-state index contributed by atoms with van der Waals surface area (Å²) in [6, 6.07) is 16.3. The van der Waals surface area contributed by atoms with E-state index in [2.05, 4.69) is 38.3 Å². The molecular formula is C39H40N10O3. The van der Waals surface area contributed by atoms with Crippen LogP contribution in [0.4, 0.5) is 11.9 Å². The Morgan fingerprint density at radius 2 is 1.52 bits per heavy atom. The SMILES string of the molecule is COc1cc(CNc2ncc3ccn(-c4cccc(-c5ccc(CNc6ncc7c(C)cn(C8CCCC8)c7n6)nc5)n4)c3n2)cc(OC)c1OC. The molecule has 1 saturated carbocycles. The zero-order chi connectivity index (χ0) is 35.6. The second-order valence-corrected chi connectivity index (χ2v) is 12.9. The van der Waals surface area contributed by atoms with Crippen molar-refractivity contribution in [2.75, 3.05) is 32.0 Å². The molecule has 1 aliphatic rings. The summed E-state index contributed by atoms with van der Waals surface area (Å²) in [5.74, 6) is 3.53. The van der Waals surface area contributed by atoms with Gasteiger partial charge in [-0.1, -0.05) is 18.9 Å². The van der Waals surface area contributed by atoms with Crippen LogP contribution in [0.5, 0.6) is 17.2 Å². The van der Waals surface area contributed by atoms with Gasteiger partial charge in [-0.3, -0.25) is 9.55 Å². The van der Waals surface area contributed by atoms with Gasteiger partial charge in [-0.05, 0) is 73.4 Å². The van der Waals surface area contributed by atoms with Crippen LogP contribution in [0.3, 0.4) is 0 Å². The van der Waals surface area contributed by atoms with E-state index in [4.69, 9.17) is 34.1 Å². The minimum absolute atomic E-state index is 0.450. The second-order valence-electron chi connectivity index (χ2n) is 12.9. The monoisotopic (exact) mass is 696 g/mol. The van der Waals surface area contributed by atoms with Crippen LogP contribution < -0.4 is 24.8 Å². The van der Waals surface area contributed by atoms with Gasteiger partial charge < -0.3 is 29.4 Å². The molecule has 8 rings (SSSR count). The Kier molecular flexibility index (Phi) is 8.98. The quantitative estimate of drug-likeness (QED) is 0.133. The van der Waals surface area contributed by atoms with Gasteiger partial charge in [0.1, 0.15) is 11.5 Å². The number of nitrogens with zero attached hydrogens (tertiary/aromatic N) is 8. The lowest BCUT2D eigenvalue weighted by molar-refractivity contribution is 0.324. The molecule has 13 heteroatoms. The van der Waals surface area contributed by atoms with Crippen LogP contribution in [-0.2, 0) is 13.1 Å². The average Bonchev–Trinajstić information content (AvgIpc) is 3.95. The predicted octanol–water partition coefficient (Wildman–Crippen LogP) is 7.30. The van der Waals surface area contributed by atoms with Gasteiger partial charge in [0.2, 0.25) is 17.6 Å². The zero-order valence-corrected chi connectivity index (χ0v) is 29.6. The first-order valence-corrected chi connectivity index (χ1v) is 17.4. The number of hydrogen-bond donors (Lipinski definition) is 2. The van der Waals surface area contributed by atoms with E-state index in [0.29, 0.717) is 48.3 Å². The van der Waals surface area contributed by atoms with E-state index in [9.17, 15) is 0 Å². The number of rotatable bonds is 12. The van der Waals surface area contributed by atoms with Gasteiger partial charge in [0.15, 0.2) is 17.1 Å². The fourth-order valence-electron chi connectivity index (χ4n) is 6.91. The molecule has 1 aromatic carbocycles. The van der Waals surface area contributed by atoms with Crippen molar-refractivity contribution in [3.05, 3.63) is 96.3 Å². The number of methoxy groups -OCH3 is 3. The number of ether oxygens (including phenoxy) is 3. The summed E-state index contributed by atoms with van der Waals surface area (Å²) in [7, 11) is 4.78. The van der Waals surface area contributed by atoms with Gasteiger partial charge >= 0.3 is 0 Å². The van der Waals surface area contributed by atoms with Crippen LogP contribution >= 0.6 is 0 Å². The lowest BCUT2D eigenvalue weighted by Crippen LogP contribution is -2.08. The summed E-state index contributed by atoms with van der Waals surface area (Å²) >= 11 is 0. The number of benzene rings is 1. The molecule has 0 amide bonds. The van der Waals surface area contributed by atoms with Crippen molar-refractivity contribution >= 4 is 34.0 Å². The van der Waals surface area contributed by atoms with Gasteiger partial charge in [-0.15, -0.1) is 0 Å². The maximum atomic E-state index is 5.50. The Labute approximate surface area is 301 Å². The maximum Gasteiger partial charge on any atom is 0.224 e. The Balaban J connectivity index is 0.964. The summed E-state index contributed by atoms with van der Waals surface area (Å²) in [6.07, 6.45) is 14.7. The standard InChI is InChI=1S/C39H40N10O3/c1-24-23-49(29-8-5-6-9-29)37-30(24)22-44-39(47-37)43-21-28-13-12-26(19-40-28)31-10-7-11-34(45-31)48-15-14-27-20-42-38(46-36(27)48)41-18-25-16-32(50-2)35(52-4)33(17-25)51-3/h7,10-17,19-20,22-23,29H,5-6,8-9,18,21H2,1-4H3,(H,41,42,46)(H,43,44,47). The molecule has 1 aliphatic carbocycles. The number of pyridine rings is 2. The fourth-order valence-corrected chi connectivity index (χ4v) is 6.91. The van der Waals surface area contributed by atoms with E-state index < -0.39 is 0 Å². The summed E-state index contributed by atoms with van der Waals surface area (Å²) in [5.41, 5.74) is 6.47. The summed E-state index contributed by atoms with van der Waals surface area (Å²) in [6.45, 7) is 3.09. The van der Waals surface area contributed by atoms with E-state index in [1.807, 2.05) is 71.7 Å². The molecule has 2 N–H and O–H groups in total. The molecule has 52 heavy (non-hydrogen) atoms. The number of fused-ring (bicyclic) bond motifs is 2. The van der Waals surface area contributed by atoms with Crippen LogP contribution in [0.25, 0.3) is 39.1 Å². The summed E-state index contributed by atoms with van der Waals surface area (Å²) < 4.78 is 20.8. The number of nitrogens with one attached hydrogen (secondary N) is 2. The number of anilines is 2. The smallest absolute Gasteiger partial charge is 0.224 e. The third-order valence-corrected chi connectivity index (χ3v) is 9.62. The fraction of sp³-hybridized carbons (Fsp3) is 0.282. The van der Waals surface area contributed by atoms with Gasteiger partial charge in [0.05, 0.1) is 39.3 Å². The van der Waals surface area contributed by atoms with E-state index in [-0.39, 0.29) is 0 Å². The Hall–Kier alpha value is -6.24. The van der Waals surface area contributed by atoms with E-state index in [1.54, 1.807) is 27.5 Å². The molecular weight excluding hydrogens is 656 g/mol. The van der Waals surface area contributed by atoms with Crippen LogP contribution in [0.15, 0.2) is 79.5 Å². The molecule has 1 fully saturated rings. The van der Waals surface area contributed by atoms with Crippen molar-refractivity contribution in [3.8, 4) is 34.3 Å². The van der Waals surface area contributed by atoms with Crippen molar-refractivity contribution in [2.24, 2.45) is 0 Å². The van der Waals surface area contributed by atoms with Crippen LogP contribution in [0.1, 0.15) is 48.5 Å².